The summed E-state index contributed by atoms with van der Waals surface area (Å²) in [5.41, 5.74) is 2.31. The van der Waals surface area contributed by atoms with E-state index < -0.39 is 0 Å². The normalized spacial score (nSPS) is 11.5. The molecule has 0 radical (unpaired) electrons. The summed E-state index contributed by atoms with van der Waals surface area (Å²) in [6.45, 7) is 4.70. The highest BCUT2D eigenvalue weighted by atomic mass is 16.1. The first-order valence-corrected chi connectivity index (χ1v) is 6.55. The van der Waals surface area contributed by atoms with Crippen LogP contribution in [0.25, 0.3) is 21.9 Å². The van der Waals surface area contributed by atoms with Gasteiger partial charge in [-0.05, 0) is 25.5 Å². The van der Waals surface area contributed by atoms with Crippen molar-refractivity contribution < 1.29 is 0 Å². The molecule has 0 aliphatic rings. The van der Waals surface area contributed by atoms with E-state index in [0.29, 0.717) is 17.4 Å². The molecule has 2 aromatic heterocycles. The van der Waals surface area contributed by atoms with Crippen molar-refractivity contribution in [1.82, 2.24) is 19.5 Å². The number of H-pyrrole nitrogens is 1. The molecule has 0 unspecified atom stereocenters. The van der Waals surface area contributed by atoms with Crippen molar-refractivity contribution in [2.75, 3.05) is 0 Å². The van der Waals surface area contributed by atoms with E-state index in [1.807, 2.05) is 19.1 Å². The fourth-order valence-corrected chi connectivity index (χ4v) is 2.32. The fraction of sp³-hybridized carbons (Fsp3) is 0.357. The lowest BCUT2D eigenvalue weighted by molar-refractivity contribution is 0.608. The standard InChI is InChI=1S/C14H16N4O/c1-3-4-7-18-8-15-10-5-6-11-13(12(10)14(18)19)17-9(2)16-11/h5-6,8H,3-4,7H2,1-2H3,(H,16,17). The van der Waals surface area contributed by atoms with Gasteiger partial charge in [0, 0.05) is 6.54 Å². The maximum Gasteiger partial charge on any atom is 0.263 e. The summed E-state index contributed by atoms with van der Waals surface area (Å²) in [6.07, 6.45) is 3.66. The first-order chi connectivity index (χ1) is 9.20. The van der Waals surface area contributed by atoms with Crippen LogP contribution in [-0.2, 0) is 6.54 Å². The number of aromatic amines is 1. The molecule has 2 heterocycles. The van der Waals surface area contributed by atoms with Gasteiger partial charge in [0.2, 0.25) is 0 Å². The Hall–Kier alpha value is -2.17. The van der Waals surface area contributed by atoms with Crippen LogP contribution in [0.1, 0.15) is 25.6 Å². The SMILES string of the molecule is CCCCn1cnc2ccc3[nH]c(C)nc3c2c1=O. The molecule has 0 spiro atoms. The number of aryl methyl sites for hydroxylation is 2. The molecule has 5 heteroatoms. The Morgan fingerprint density at radius 2 is 2.21 bits per heavy atom. The summed E-state index contributed by atoms with van der Waals surface area (Å²) < 4.78 is 1.68. The average Bonchev–Trinajstić information content (AvgIpc) is 2.78. The molecule has 0 bridgehead atoms. The average molecular weight is 256 g/mol. The Morgan fingerprint density at radius 3 is 3.00 bits per heavy atom. The third-order valence-corrected chi connectivity index (χ3v) is 3.31. The van der Waals surface area contributed by atoms with E-state index in [0.717, 1.165) is 29.7 Å². The zero-order valence-corrected chi connectivity index (χ0v) is 11.1. The Morgan fingerprint density at radius 1 is 1.37 bits per heavy atom. The van der Waals surface area contributed by atoms with Crippen molar-refractivity contribution in [3.63, 3.8) is 0 Å². The molecule has 0 aliphatic heterocycles. The fourth-order valence-electron chi connectivity index (χ4n) is 2.32. The van der Waals surface area contributed by atoms with Crippen molar-refractivity contribution >= 4 is 21.9 Å². The smallest absolute Gasteiger partial charge is 0.263 e. The van der Waals surface area contributed by atoms with Crippen LogP contribution in [0.5, 0.6) is 0 Å². The molecule has 5 nitrogen and oxygen atoms in total. The van der Waals surface area contributed by atoms with Gasteiger partial charge in [-0.25, -0.2) is 9.97 Å². The Balaban J connectivity index is 2.32. The number of hydrogen-bond donors (Lipinski definition) is 1. The van der Waals surface area contributed by atoms with Gasteiger partial charge in [-0.1, -0.05) is 13.3 Å². The zero-order valence-electron chi connectivity index (χ0n) is 11.1. The minimum absolute atomic E-state index is 0.00412. The van der Waals surface area contributed by atoms with Crippen molar-refractivity contribution in [2.24, 2.45) is 0 Å². The number of nitrogens with zero attached hydrogens (tertiary/aromatic N) is 3. The maximum atomic E-state index is 12.5. The molecule has 0 saturated carbocycles. The lowest BCUT2D eigenvalue weighted by Gasteiger charge is -2.05. The minimum atomic E-state index is -0.00412. The number of benzene rings is 1. The van der Waals surface area contributed by atoms with E-state index in [-0.39, 0.29) is 5.56 Å². The van der Waals surface area contributed by atoms with Crippen molar-refractivity contribution in [3.05, 3.63) is 34.6 Å². The molecule has 0 saturated heterocycles. The number of fused-ring (bicyclic) bond motifs is 3. The van der Waals surface area contributed by atoms with Crippen molar-refractivity contribution in [1.29, 1.82) is 0 Å². The predicted molar refractivity (Wildman–Crippen MR) is 75.3 cm³/mol. The van der Waals surface area contributed by atoms with Gasteiger partial charge in [0.1, 0.15) is 11.3 Å². The lowest BCUT2D eigenvalue weighted by Crippen LogP contribution is -2.20. The lowest BCUT2D eigenvalue weighted by atomic mass is 10.2. The van der Waals surface area contributed by atoms with Crippen LogP contribution >= 0.6 is 0 Å². The second-order valence-corrected chi connectivity index (χ2v) is 4.77. The van der Waals surface area contributed by atoms with Crippen LogP contribution in [0.15, 0.2) is 23.3 Å². The summed E-state index contributed by atoms with van der Waals surface area (Å²) in [6, 6.07) is 3.78. The first-order valence-electron chi connectivity index (χ1n) is 6.55. The van der Waals surface area contributed by atoms with E-state index in [1.165, 1.54) is 0 Å². The Labute approximate surface area is 110 Å². The highest BCUT2D eigenvalue weighted by molar-refractivity contribution is 6.01. The highest BCUT2D eigenvalue weighted by Crippen LogP contribution is 2.19. The summed E-state index contributed by atoms with van der Waals surface area (Å²) in [7, 11) is 0. The molecule has 1 aromatic carbocycles. The van der Waals surface area contributed by atoms with E-state index in [2.05, 4.69) is 21.9 Å². The number of hydrogen-bond acceptors (Lipinski definition) is 3. The molecule has 0 aliphatic carbocycles. The molecule has 3 rings (SSSR count). The van der Waals surface area contributed by atoms with Crippen LogP contribution in [0.4, 0.5) is 0 Å². The van der Waals surface area contributed by atoms with Gasteiger partial charge < -0.3 is 4.98 Å². The van der Waals surface area contributed by atoms with Crippen LogP contribution in [-0.4, -0.2) is 19.5 Å². The van der Waals surface area contributed by atoms with Gasteiger partial charge >= 0.3 is 0 Å². The van der Waals surface area contributed by atoms with Crippen LogP contribution in [0.2, 0.25) is 0 Å². The van der Waals surface area contributed by atoms with Gasteiger partial charge in [0.05, 0.1) is 22.7 Å². The monoisotopic (exact) mass is 256 g/mol. The van der Waals surface area contributed by atoms with E-state index in [4.69, 9.17) is 0 Å². The molecular weight excluding hydrogens is 240 g/mol. The molecule has 1 N–H and O–H groups in total. The van der Waals surface area contributed by atoms with Crippen molar-refractivity contribution in [2.45, 2.75) is 33.2 Å². The first kappa shape index (κ1) is 11.9. The maximum absolute atomic E-state index is 12.5. The van der Waals surface area contributed by atoms with E-state index in [9.17, 15) is 4.79 Å². The number of unbranched alkanes of at least 4 members (excludes halogenated alkanes) is 1. The highest BCUT2D eigenvalue weighted by Gasteiger charge is 2.10. The van der Waals surface area contributed by atoms with Gasteiger partial charge in [-0.3, -0.25) is 9.36 Å². The van der Waals surface area contributed by atoms with Crippen LogP contribution in [0.3, 0.4) is 0 Å². The molecular formula is C14H16N4O. The number of imidazole rings is 1. The van der Waals surface area contributed by atoms with Crippen LogP contribution < -0.4 is 5.56 Å². The molecule has 3 aromatic rings. The summed E-state index contributed by atoms with van der Waals surface area (Å²) in [5, 5.41) is 0.612. The van der Waals surface area contributed by atoms with Crippen molar-refractivity contribution in [3.8, 4) is 0 Å². The van der Waals surface area contributed by atoms with Gasteiger partial charge in [0.15, 0.2) is 0 Å². The quantitative estimate of drug-likeness (QED) is 0.782. The summed E-state index contributed by atoms with van der Waals surface area (Å²) in [4.78, 5) is 24.5. The molecule has 98 valence electrons. The molecule has 0 amide bonds. The Kier molecular flexibility index (Phi) is 2.81. The topological polar surface area (TPSA) is 63.6 Å². The largest absolute Gasteiger partial charge is 0.342 e. The molecule has 0 fully saturated rings. The number of aromatic nitrogens is 4. The second kappa shape index (κ2) is 4.50. The van der Waals surface area contributed by atoms with E-state index >= 15 is 0 Å². The third kappa shape index (κ3) is 1.91. The second-order valence-electron chi connectivity index (χ2n) is 4.77. The van der Waals surface area contributed by atoms with Gasteiger partial charge in [-0.15, -0.1) is 0 Å². The number of rotatable bonds is 3. The van der Waals surface area contributed by atoms with E-state index in [1.54, 1.807) is 10.9 Å². The molecule has 19 heavy (non-hydrogen) atoms. The van der Waals surface area contributed by atoms with Crippen LogP contribution in [0, 0.1) is 6.92 Å². The zero-order chi connectivity index (χ0) is 13.4. The predicted octanol–water partition coefficient (Wildman–Crippen LogP) is 2.38. The van der Waals surface area contributed by atoms with Gasteiger partial charge in [0.25, 0.3) is 5.56 Å². The summed E-state index contributed by atoms with van der Waals surface area (Å²) in [5.74, 6) is 0.811. The van der Waals surface area contributed by atoms with Gasteiger partial charge in [-0.2, -0.15) is 0 Å². The third-order valence-electron chi connectivity index (χ3n) is 3.31. The Bertz CT molecular complexity index is 800. The minimum Gasteiger partial charge on any atom is -0.342 e. The number of nitrogens with one attached hydrogen (secondary N) is 1. The summed E-state index contributed by atoms with van der Waals surface area (Å²) >= 11 is 0. The molecule has 0 atom stereocenters.